The third-order valence-corrected chi connectivity index (χ3v) is 2.18. The molecule has 0 amide bonds. The van der Waals surface area contributed by atoms with Gasteiger partial charge in [0, 0.05) is 0 Å². The predicted octanol–water partition coefficient (Wildman–Crippen LogP) is 1.37. The molecule has 0 heterocycles. The highest BCUT2D eigenvalue weighted by atomic mass is 16.3. The molecule has 2 heteroatoms. The van der Waals surface area contributed by atoms with Crippen molar-refractivity contribution < 1.29 is 10.2 Å². The van der Waals surface area contributed by atoms with Crippen molar-refractivity contribution in [3.63, 3.8) is 0 Å². The molecule has 2 rings (SSSR count). The number of phenolic OH excluding ortho intramolecular Hbond substituents is 1. The van der Waals surface area contributed by atoms with E-state index >= 15 is 0 Å². The minimum absolute atomic E-state index is 0.240. The van der Waals surface area contributed by atoms with Crippen molar-refractivity contribution in [2.45, 2.75) is 18.9 Å². The van der Waals surface area contributed by atoms with Crippen molar-refractivity contribution in [2.75, 3.05) is 0 Å². The summed E-state index contributed by atoms with van der Waals surface area (Å²) in [5.41, 5.74) is 2.06. The summed E-state index contributed by atoms with van der Waals surface area (Å²) in [6.45, 7) is 0. The molecule has 0 saturated heterocycles. The van der Waals surface area contributed by atoms with Gasteiger partial charge in [-0.25, -0.2) is 0 Å². The second kappa shape index (κ2) is 2.24. The summed E-state index contributed by atoms with van der Waals surface area (Å²) in [6.07, 6.45) is 1.35. The standard InChI is InChI=1S/C9H10O2/c10-7-3-1-6-2-4-9(11)8(6)5-7/h1,3,5,9-11H,2,4H2. The van der Waals surface area contributed by atoms with Crippen LogP contribution >= 0.6 is 0 Å². The van der Waals surface area contributed by atoms with Crippen LogP contribution < -0.4 is 0 Å². The third-order valence-electron chi connectivity index (χ3n) is 2.18. The number of aliphatic hydroxyl groups excluding tert-OH is 1. The SMILES string of the molecule is Oc1ccc2c(c1)C(O)CC2. The fourth-order valence-electron chi connectivity index (χ4n) is 1.57. The Morgan fingerprint density at radius 3 is 3.00 bits per heavy atom. The monoisotopic (exact) mass is 150 g/mol. The van der Waals surface area contributed by atoms with Crippen molar-refractivity contribution >= 4 is 0 Å². The molecule has 1 aliphatic rings. The Balaban J connectivity index is 2.52. The van der Waals surface area contributed by atoms with E-state index in [-0.39, 0.29) is 11.9 Å². The topological polar surface area (TPSA) is 40.5 Å². The summed E-state index contributed by atoms with van der Waals surface area (Å²) in [4.78, 5) is 0. The second-order valence-corrected chi connectivity index (χ2v) is 2.94. The Kier molecular flexibility index (Phi) is 1.36. The molecule has 0 bridgehead atoms. The van der Waals surface area contributed by atoms with Crippen molar-refractivity contribution in [2.24, 2.45) is 0 Å². The van der Waals surface area contributed by atoms with Gasteiger partial charge < -0.3 is 10.2 Å². The Morgan fingerprint density at radius 2 is 2.18 bits per heavy atom. The zero-order valence-corrected chi connectivity index (χ0v) is 6.12. The largest absolute Gasteiger partial charge is 0.508 e. The zero-order valence-electron chi connectivity index (χ0n) is 6.12. The zero-order chi connectivity index (χ0) is 7.84. The normalized spacial score (nSPS) is 21.7. The fraction of sp³-hybridized carbons (Fsp3) is 0.333. The lowest BCUT2D eigenvalue weighted by molar-refractivity contribution is 0.179. The molecule has 0 spiro atoms. The van der Waals surface area contributed by atoms with Crippen LogP contribution in [0.2, 0.25) is 0 Å². The predicted molar refractivity (Wildman–Crippen MR) is 41.4 cm³/mol. The van der Waals surface area contributed by atoms with E-state index in [4.69, 9.17) is 5.11 Å². The van der Waals surface area contributed by atoms with Crippen molar-refractivity contribution in [1.82, 2.24) is 0 Å². The van der Waals surface area contributed by atoms with Crippen LogP contribution in [0.15, 0.2) is 18.2 Å². The number of rotatable bonds is 0. The van der Waals surface area contributed by atoms with Crippen LogP contribution in [-0.4, -0.2) is 10.2 Å². The summed E-state index contributed by atoms with van der Waals surface area (Å²) in [5, 5.41) is 18.5. The van der Waals surface area contributed by atoms with Crippen molar-refractivity contribution in [3.05, 3.63) is 29.3 Å². The van der Waals surface area contributed by atoms with Gasteiger partial charge in [0.15, 0.2) is 0 Å². The first-order chi connectivity index (χ1) is 5.27. The van der Waals surface area contributed by atoms with Crippen molar-refractivity contribution in [3.8, 4) is 5.75 Å². The van der Waals surface area contributed by atoms with E-state index in [1.54, 1.807) is 12.1 Å². The molecule has 2 nitrogen and oxygen atoms in total. The quantitative estimate of drug-likeness (QED) is 0.586. The molecule has 0 saturated carbocycles. The number of aryl methyl sites for hydroxylation is 1. The highest BCUT2D eigenvalue weighted by molar-refractivity contribution is 5.39. The second-order valence-electron chi connectivity index (χ2n) is 2.94. The Hall–Kier alpha value is -1.02. The molecule has 0 fully saturated rings. The molecule has 1 atom stereocenters. The summed E-state index contributed by atoms with van der Waals surface area (Å²) in [7, 11) is 0. The fourth-order valence-corrected chi connectivity index (χ4v) is 1.57. The van der Waals surface area contributed by atoms with E-state index < -0.39 is 0 Å². The van der Waals surface area contributed by atoms with Gasteiger partial charge in [-0.1, -0.05) is 6.07 Å². The molecule has 0 aliphatic heterocycles. The molecular weight excluding hydrogens is 140 g/mol. The molecule has 2 N–H and O–H groups in total. The van der Waals surface area contributed by atoms with Crippen LogP contribution in [0.5, 0.6) is 5.75 Å². The van der Waals surface area contributed by atoms with Gasteiger partial charge in [-0.05, 0) is 36.1 Å². The van der Waals surface area contributed by atoms with E-state index in [9.17, 15) is 5.11 Å². The van der Waals surface area contributed by atoms with Gasteiger partial charge in [0.05, 0.1) is 6.10 Å². The van der Waals surface area contributed by atoms with Crippen molar-refractivity contribution in [1.29, 1.82) is 0 Å². The number of aromatic hydroxyl groups is 1. The number of aliphatic hydroxyl groups is 1. The minimum atomic E-state index is -0.364. The average Bonchev–Trinajstić information content (AvgIpc) is 2.33. The number of phenols is 1. The maximum absolute atomic E-state index is 9.39. The van der Waals surface area contributed by atoms with Gasteiger partial charge in [0.25, 0.3) is 0 Å². The van der Waals surface area contributed by atoms with E-state index in [0.717, 1.165) is 24.0 Å². The van der Waals surface area contributed by atoms with E-state index in [1.807, 2.05) is 6.07 Å². The lowest BCUT2D eigenvalue weighted by Crippen LogP contribution is -1.88. The van der Waals surface area contributed by atoms with Gasteiger partial charge in [-0.2, -0.15) is 0 Å². The van der Waals surface area contributed by atoms with Crippen LogP contribution in [0.25, 0.3) is 0 Å². The smallest absolute Gasteiger partial charge is 0.115 e. The molecule has 1 aromatic carbocycles. The Morgan fingerprint density at radius 1 is 1.36 bits per heavy atom. The van der Waals surface area contributed by atoms with Gasteiger partial charge in [-0.15, -0.1) is 0 Å². The molecule has 0 aromatic heterocycles. The third kappa shape index (κ3) is 0.994. The lowest BCUT2D eigenvalue weighted by Gasteiger charge is -2.02. The molecule has 11 heavy (non-hydrogen) atoms. The minimum Gasteiger partial charge on any atom is -0.508 e. The molecule has 0 radical (unpaired) electrons. The van der Waals surface area contributed by atoms with Gasteiger partial charge in [-0.3, -0.25) is 0 Å². The van der Waals surface area contributed by atoms with Crippen LogP contribution in [0.1, 0.15) is 23.7 Å². The number of fused-ring (bicyclic) bond motifs is 1. The lowest BCUT2D eigenvalue weighted by atomic mass is 10.1. The van der Waals surface area contributed by atoms with Gasteiger partial charge in [0.1, 0.15) is 5.75 Å². The molecule has 1 aromatic rings. The first-order valence-electron chi connectivity index (χ1n) is 3.77. The highest BCUT2D eigenvalue weighted by Gasteiger charge is 2.19. The molecule has 1 aliphatic carbocycles. The van der Waals surface area contributed by atoms with Crippen LogP contribution in [0.4, 0.5) is 0 Å². The van der Waals surface area contributed by atoms with Crippen LogP contribution in [-0.2, 0) is 6.42 Å². The number of hydrogen-bond acceptors (Lipinski definition) is 2. The number of hydrogen-bond donors (Lipinski definition) is 2. The average molecular weight is 150 g/mol. The van der Waals surface area contributed by atoms with Crippen LogP contribution in [0.3, 0.4) is 0 Å². The highest BCUT2D eigenvalue weighted by Crippen LogP contribution is 2.32. The number of benzene rings is 1. The first-order valence-corrected chi connectivity index (χ1v) is 3.77. The summed E-state index contributed by atoms with van der Waals surface area (Å²) in [5.74, 6) is 0.240. The molecule has 1 unspecified atom stereocenters. The van der Waals surface area contributed by atoms with Gasteiger partial charge >= 0.3 is 0 Å². The Bertz CT molecular complexity index is 281. The summed E-state index contributed by atoms with van der Waals surface area (Å²) < 4.78 is 0. The maximum Gasteiger partial charge on any atom is 0.115 e. The first kappa shape index (κ1) is 6.68. The van der Waals surface area contributed by atoms with Crippen LogP contribution in [0, 0.1) is 0 Å². The summed E-state index contributed by atoms with van der Waals surface area (Å²) in [6, 6.07) is 5.19. The Labute approximate surface area is 65.1 Å². The van der Waals surface area contributed by atoms with E-state index in [2.05, 4.69) is 0 Å². The van der Waals surface area contributed by atoms with Gasteiger partial charge in [0.2, 0.25) is 0 Å². The van der Waals surface area contributed by atoms with E-state index in [0.29, 0.717) is 0 Å². The maximum atomic E-state index is 9.39. The summed E-state index contributed by atoms with van der Waals surface area (Å²) >= 11 is 0. The molecule has 58 valence electrons. The molecular formula is C9H10O2. The van der Waals surface area contributed by atoms with E-state index in [1.165, 1.54) is 0 Å².